The van der Waals surface area contributed by atoms with Crippen LogP contribution in [0, 0.1) is 5.92 Å². The second-order valence-electron chi connectivity index (χ2n) is 4.98. The van der Waals surface area contributed by atoms with Crippen LogP contribution in [0.3, 0.4) is 0 Å². The monoisotopic (exact) mass is 264 g/mol. The fraction of sp³-hybridized carbons (Fsp3) is 0.538. The van der Waals surface area contributed by atoms with Gasteiger partial charge in [0.15, 0.2) is 0 Å². The van der Waals surface area contributed by atoms with Gasteiger partial charge in [-0.25, -0.2) is 4.98 Å². The molecular weight excluding hydrogens is 244 g/mol. The summed E-state index contributed by atoms with van der Waals surface area (Å²) in [5, 5.41) is 2.71. The van der Waals surface area contributed by atoms with Gasteiger partial charge >= 0.3 is 0 Å². The van der Waals surface area contributed by atoms with Crippen LogP contribution in [0.1, 0.15) is 30.8 Å². The van der Waals surface area contributed by atoms with E-state index in [-0.39, 0.29) is 17.5 Å². The highest BCUT2D eigenvalue weighted by Gasteiger charge is 2.24. The lowest BCUT2D eigenvalue weighted by atomic mass is 10.0. The zero-order valence-corrected chi connectivity index (χ0v) is 11.8. The molecule has 6 heteroatoms. The Kier molecular flexibility index (Phi) is 5.41. The van der Waals surface area contributed by atoms with Crippen molar-refractivity contribution in [2.75, 3.05) is 14.1 Å². The second kappa shape index (κ2) is 6.82. The summed E-state index contributed by atoms with van der Waals surface area (Å²) in [5.74, 6) is -0.198. The molecule has 2 amide bonds. The van der Waals surface area contributed by atoms with E-state index in [1.54, 1.807) is 14.1 Å². The molecular formula is C13H20N4O2. The maximum Gasteiger partial charge on any atom is 0.272 e. The number of carbonyl (C=O) groups is 2. The van der Waals surface area contributed by atoms with E-state index in [1.807, 2.05) is 13.8 Å². The van der Waals surface area contributed by atoms with Crippen molar-refractivity contribution in [2.24, 2.45) is 5.92 Å². The van der Waals surface area contributed by atoms with Crippen molar-refractivity contribution >= 4 is 11.8 Å². The zero-order valence-electron chi connectivity index (χ0n) is 11.8. The molecule has 0 spiro atoms. The van der Waals surface area contributed by atoms with Crippen LogP contribution in [0.4, 0.5) is 0 Å². The number of hydrogen-bond donors (Lipinski definition) is 1. The predicted molar refractivity (Wildman–Crippen MR) is 71.4 cm³/mol. The first kappa shape index (κ1) is 15.1. The molecule has 0 saturated carbocycles. The van der Waals surface area contributed by atoms with Crippen LogP contribution in [0.2, 0.25) is 0 Å². The van der Waals surface area contributed by atoms with Crippen LogP contribution in [-0.4, -0.2) is 46.8 Å². The van der Waals surface area contributed by atoms with Gasteiger partial charge in [0.25, 0.3) is 5.91 Å². The van der Waals surface area contributed by atoms with Crippen molar-refractivity contribution in [3.05, 3.63) is 24.3 Å². The summed E-state index contributed by atoms with van der Waals surface area (Å²) in [7, 11) is 3.34. The summed E-state index contributed by atoms with van der Waals surface area (Å²) in [4.78, 5) is 33.2. The highest BCUT2D eigenvalue weighted by Crippen LogP contribution is 2.07. The quantitative estimate of drug-likeness (QED) is 0.850. The summed E-state index contributed by atoms with van der Waals surface area (Å²) in [6, 6.07) is -0.537. The molecule has 104 valence electrons. The fourth-order valence-corrected chi connectivity index (χ4v) is 1.65. The Morgan fingerprint density at radius 2 is 2.00 bits per heavy atom. The third-order valence-corrected chi connectivity index (χ3v) is 2.55. The van der Waals surface area contributed by atoms with E-state index in [0.717, 1.165) is 0 Å². The standard InChI is InChI=1S/C13H20N4O2/c1-9(2)7-10(13(19)17(3)4)16-12(18)11-8-14-5-6-15-11/h5-6,8-10H,7H2,1-4H3,(H,16,18)/t10-/m1/s1. The molecule has 1 heterocycles. The first-order valence-corrected chi connectivity index (χ1v) is 6.20. The Morgan fingerprint density at radius 1 is 1.32 bits per heavy atom. The Morgan fingerprint density at radius 3 is 2.47 bits per heavy atom. The van der Waals surface area contributed by atoms with Gasteiger partial charge in [0, 0.05) is 26.5 Å². The molecule has 0 fully saturated rings. The van der Waals surface area contributed by atoms with E-state index in [4.69, 9.17) is 0 Å². The van der Waals surface area contributed by atoms with Crippen LogP contribution in [0.25, 0.3) is 0 Å². The Balaban J connectivity index is 2.77. The lowest BCUT2D eigenvalue weighted by Crippen LogP contribution is -2.47. The van der Waals surface area contributed by atoms with Crippen LogP contribution < -0.4 is 5.32 Å². The summed E-state index contributed by atoms with van der Waals surface area (Å²) >= 11 is 0. The fourth-order valence-electron chi connectivity index (χ4n) is 1.65. The highest BCUT2D eigenvalue weighted by atomic mass is 16.2. The van der Waals surface area contributed by atoms with Crippen LogP contribution >= 0.6 is 0 Å². The summed E-state index contributed by atoms with van der Waals surface area (Å²) in [6.45, 7) is 4.01. The predicted octanol–water partition coefficient (Wildman–Crippen LogP) is 0.709. The minimum Gasteiger partial charge on any atom is -0.347 e. The molecule has 0 aromatic carbocycles. The molecule has 1 aromatic rings. The Labute approximate surface area is 113 Å². The number of rotatable bonds is 5. The number of hydrogen-bond acceptors (Lipinski definition) is 4. The number of nitrogens with one attached hydrogen (secondary N) is 1. The highest BCUT2D eigenvalue weighted by molar-refractivity contribution is 5.95. The molecule has 0 aliphatic heterocycles. The molecule has 1 N–H and O–H groups in total. The number of aromatic nitrogens is 2. The van der Waals surface area contributed by atoms with Gasteiger partial charge in [-0.2, -0.15) is 0 Å². The Bertz CT molecular complexity index is 432. The average molecular weight is 264 g/mol. The molecule has 0 saturated heterocycles. The summed E-state index contributed by atoms with van der Waals surface area (Å²) < 4.78 is 0. The van der Waals surface area contributed by atoms with Crippen molar-refractivity contribution in [1.82, 2.24) is 20.2 Å². The first-order chi connectivity index (χ1) is 8.91. The second-order valence-corrected chi connectivity index (χ2v) is 4.98. The van der Waals surface area contributed by atoms with Crippen molar-refractivity contribution in [3.63, 3.8) is 0 Å². The molecule has 0 bridgehead atoms. The minimum atomic E-state index is -0.537. The lowest BCUT2D eigenvalue weighted by molar-refractivity contribution is -0.131. The van der Waals surface area contributed by atoms with E-state index >= 15 is 0 Å². The molecule has 6 nitrogen and oxygen atoms in total. The number of amides is 2. The summed E-state index contributed by atoms with van der Waals surface area (Å²) in [6.07, 6.45) is 4.90. The lowest BCUT2D eigenvalue weighted by Gasteiger charge is -2.22. The average Bonchev–Trinajstić information content (AvgIpc) is 2.37. The third-order valence-electron chi connectivity index (χ3n) is 2.55. The van der Waals surface area contributed by atoms with E-state index in [9.17, 15) is 9.59 Å². The molecule has 0 unspecified atom stereocenters. The number of likely N-dealkylation sites (N-methyl/N-ethyl adjacent to an activating group) is 1. The summed E-state index contributed by atoms with van der Waals surface area (Å²) in [5.41, 5.74) is 0.211. The van der Waals surface area contributed by atoms with Gasteiger partial charge in [-0.3, -0.25) is 14.6 Å². The Hall–Kier alpha value is -1.98. The number of nitrogens with zero attached hydrogens (tertiary/aromatic N) is 3. The van der Waals surface area contributed by atoms with Crippen molar-refractivity contribution in [3.8, 4) is 0 Å². The molecule has 1 rings (SSSR count). The molecule has 1 atom stereocenters. The van der Waals surface area contributed by atoms with Gasteiger partial charge < -0.3 is 10.2 Å². The van der Waals surface area contributed by atoms with Crippen molar-refractivity contribution in [1.29, 1.82) is 0 Å². The van der Waals surface area contributed by atoms with E-state index in [0.29, 0.717) is 12.3 Å². The topological polar surface area (TPSA) is 75.2 Å². The maximum absolute atomic E-state index is 12.0. The van der Waals surface area contributed by atoms with Gasteiger partial charge in [-0.1, -0.05) is 13.8 Å². The molecule has 0 aliphatic rings. The van der Waals surface area contributed by atoms with Gasteiger partial charge in [-0.05, 0) is 12.3 Å². The van der Waals surface area contributed by atoms with Crippen LogP contribution in [-0.2, 0) is 4.79 Å². The first-order valence-electron chi connectivity index (χ1n) is 6.20. The van der Waals surface area contributed by atoms with Gasteiger partial charge in [0.2, 0.25) is 5.91 Å². The smallest absolute Gasteiger partial charge is 0.272 e. The number of carbonyl (C=O) groups excluding carboxylic acids is 2. The van der Waals surface area contributed by atoms with Crippen molar-refractivity contribution < 1.29 is 9.59 Å². The van der Waals surface area contributed by atoms with Gasteiger partial charge in [-0.15, -0.1) is 0 Å². The molecule has 19 heavy (non-hydrogen) atoms. The van der Waals surface area contributed by atoms with E-state index < -0.39 is 6.04 Å². The molecule has 0 aliphatic carbocycles. The van der Waals surface area contributed by atoms with Crippen molar-refractivity contribution in [2.45, 2.75) is 26.3 Å². The third kappa shape index (κ3) is 4.65. The maximum atomic E-state index is 12.0. The normalized spacial score (nSPS) is 12.1. The SMILES string of the molecule is CC(C)C[C@@H](NC(=O)c1cnccn1)C(=O)N(C)C. The largest absolute Gasteiger partial charge is 0.347 e. The van der Waals surface area contributed by atoms with Crippen LogP contribution in [0.5, 0.6) is 0 Å². The van der Waals surface area contributed by atoms with Gasteiger partial charge in [0.05, 0.1) is 6.20 Å². The van der Waals surface area contributed by atoms with Gasteiger partial charge in [0.1, 0.15) is 11.7 Å². The van der Waals surface area contributed by atoms with E-state index in [1.165, 1.54) is 23.5 Å². The van der Waals surface area contributed by atoms with Crippen LogP contribution in [0.15, 0.2) is 18.6 Å². The molecule has 0 radical (unpaired) electrons. The molecule has 1 aromatic heterocycles. The van der Waals surface area contributed by atoms with E-state index in [2.05, 4.69) is 15.3 Å². The minimum absolute atomic E-state index is 0.119. The zero-order chi connectivity index (χ0) is 14.4.